The Bertz CT molecular complexity index is 294. The van der Waals surface area contributed by atoms with Crippen molar-refractivity contribution in [1.82, 2.24) is 5.43 Å². The van der Waals surface area contributed by atoms with E-state index in [-0.39, 0.29) is 6.04 Å². The highest BCUT2D eigenvalue weighted by molar-refractivity contribution is 6.30. The fourth-order valence-corrected chi connectivity index (χ4v) is 1.70. The summed E-state index contributed by atoms with van der Waals surface area (Å²) in [6.07, 6.45) is 1.91. The molecule has 0 aliphatic carbocycles. The molecule has 0 radical (unpaired) electrons. The van der Waals surface area contributed by atoms with E-state index < -0.39 is 0 Å². The number of hydrogen-bond donors (Lipinski definition) is 2. The fraction of sp³-hybridized carbons (Fsp3) is 0.455. The van der Waals surface area contributed by atoms with Crippen molar-refractivity contribution in [1.29, 1.82) is 0 Å². The molecule has 0 spiro atoms. The van der Waals surface area contributed by atoms with Crippen molar-refractivity contribution < 1.29 is 4.74 Å². The minimum Gasteiger partial charge on any atom is -0.385 e. The first kappa shape index (κ1) is 12.5. The normalized spacial score (nSPS) is 12.7. The first-order valence-electron chi connectivity index (χ1n) is 4.98. The van der Waals surface area contributed by atoms with Gasteiger partial charge in [-0.05, 0) is 30.5 Å². The third-order valence-corrected chi connectivity index (χ3v) is 2.53. The molecule has 1 aromatic carbocycles. The first-order valence-corrected chi connectivity index (χ1v) is 5.36. The van der Waals surface area contributed by atoms with E-state index in [0.29, 0.717) is 0 Å². The van der Waals surface area contributed by atoms with E-state index in [1.807, 2.05) is 24.3 Å². The van der Waals surface area contributed by atoms with Gasteiger partial charge in [0.1, 0.15) is 0 Å². The molecule has 0 saturated heterocycles. The lowest BCUT2D eigenvalue weighted by Gasteiger charge is -2.16. The standard InChI is InChI=1S/C11H17ClN2O/c1-15-7-3-6-11(14-13)9-4-2-5-10(12)8-9/h2,4-5,8,11,14H,3,6-7,13H2,1H3. The van der Waals surface area contributed by atoms with Gasteiger partial charge in [-0.2, -0.15) is 0 Å². The van der Waals surface area contributed by atoms with Crippen molar-refractivity contribution in [3.05, 3.63) is 34.9 Å². The van der Waals surface area contributed by atoms with E-state index in [0.717, 1.165) is 30.0 Å². The minimum atomic E-state index is 0.138. The number of hydrazine groups is 1. The maximum Gasteiger partial charge on any atom is 0.0462 e. The lowest BCUT2D eigenvalue weighted by atomic mass is 10.0. The molecule has 15 heavy (non-hydrogen) atoms. The maximum absolute atomic E-state index is 5.91. The summed E-state index contributed by atoms with van der Waals surface area (Å²) in [7, 11) is 1.70. The number of methoxy groups -OCH3 is 1. The molecule has 4 heteroatoms. The average molecular weight is 229 g/mol. The van der Waals surface area contributed by atoms with Gasteiger partial charge in [0.2, 0.25) is 0 Å². The summed E-state index contributed by atoms with van der Waals surface area (Å²) in [5.41, 5.74) is 3.90. The Morgan fingerprint density at radius 3 is 2.93 bits per heavy atom. The lowest BCUT2D eigenvalue weighted by Crippen LogP contribution is -2.28. The predicted octanol–water partition coefficient (Wildman–Crippen LogP) is 2.27. The zero-order chi connectivity index (χ0) is 11.1. The highest BCUT2D eigenvalue weighted by atomic mass is 35.5. The van der Waals surface area contributed by atoms with Gasteiger partial charge in [-0.25, -0.2) is 0 Å². The molecular formula is C11H17ClN2O. The Hall–Kier alpha value is -0.610. The van der Waals surface area contributed by atoms with Gasteiger partial charge in [-0.3, -0.25) is 11.3 Å². The number of halogens is 1. The number of hydrogen-bond acceptors (Lipinski definition) is 3. The molecule has 84 valence electrons. The van der Waals surface area contributed by atoms with Crippen molar-refractivity contribution in [3.63, 3.8) is 0 Å². The molecular weight excluding hydrogens is 212 g/mol. The highest BCUT2D eigenvalue weighted by Gasteiger charge is 2.08. The van der Waals surface area contributed by atoms with Crippen LogP contribution >= 0.6 is 11.6 Å². The largest absolute Gasteiger partial charge is 0.385 e. The second kappa shape index (κ2) is 6.80. The summed E-state index contributed by atoms with van der Waals surface area (Å²) in [5, 5.41) is 0.736. The van der Waals surface area contributed by atoms with Crippen LogP contribution in [0.1, 0.15) is 24.4 Å². The van der Waals surface area contributed by atoms with Crippen LogP contribution < -0.4 is 11.3 Å². The van der Waals surface area contributed by atoms with Crippen LogP contribution in [-0.2, 0) is 4.74 Å². The van der Waals surface area contributed by atoms with E-state index in [4.69, 9.17) is 22.2 Å². The first-order chi connectivity index (χ1) is 7.27. The van der Waals surface area contributed by atoms with Crippen molar-refractivity contribution in [2.75, 3.05) is 13.7 Å². The molecule has 0 aliphatic rings. The van der Waals surface area contributed by atoms with Crippen LogP contribution in [0.5, 0.6) is 0 Å². The second-order valence-electron chi connectivity index (χ2n) is 3.41. The Morgan fingerprint density at radius 2 is 2.33 bits per heavy atom. The van der Waals surface area contributed by atoms with Gasteiger partial charge in [0.15, 0.2) is 0 Å². The van der Waals surface area contributed by atoms with E-state index in [1.54, 1.807) is 7.11 Å². The van der Waals surface area contributed by atoms with Gasteiger partial charge in [0.05, 0.1) is 0 Å². The number of benzene rings is 1. The van der Waals surface area contributed by atoms with Crippen molar-refractivity contribution in [2.24, 2.45) is 5.84 Å². The maximum atomic E-state index is 5.91. The monoisotopic (exact) mass is 228 g/mol. The number of nitrogens with two attached hydrogens (primary N) is 1. The van der Waals surface area contributed by atoms with Crippen LogP contribution in [0, 0.1) is 0 Å². The summed E-state index contributed by atoms with van der Waals surface area (Å²) in [5.74, 6) is 5.50. The van der Waals surface area contributed by atoms with Gasteiger partial charge in [0, 0.05) is 24.8 Å². The topological polar surface area (TPSA) is 47.3 Å². The second-order valence-corrected chi connectivity index (χ2v) is 3.85. The van der Waals surface area contributed by atoms with Crippen LogP contribution in [0.25, 0.3) is 0 Å². The third kappa shape index (κ3) is 4.18. The molecule has 1 rings (SSSR count). The lowest BCUT2D eigenvalue weighted by molar-refractivity contribution is 0.189. The molecule has 1 aromatic rings. The fourth-order valence-electron chi connectivity index (χ4n) is 1.50. The number of nitrogens with one attached hydrogen (secondary N) is 1. The van der Waals surface area contributed by atoms with Gasteiger partial charge in [-0.1, -0.05) is 23.7 Å². The van der Waals surface area contributed by atoms with Crippen molar-refractivity contribution in [2.45, 2.75) is 18.9 Å². The Balaban J connectivity index is 2.57. The summed E-state index contributed by atoms with van der Waals surface area (Å²) in [6.45, 7) is 0.749. The molecule has 1 unspecified atom stereocenters. The summed E-state index contributed by atoms with van der Waals surface area (Å²) < 4.78 is 5.00. The molecule has 0 aromatic heterocycles. The van der Waals surface area contributed by atoms with Crippen LogP contribution in [0.15, 0.2) is 24.3 Å². The molecule has 0 fully saturated rings. The predicted molar refractivity (Wildman–Crippen MR) is 62.6 cm³/mol. The minimum absolute atomic E-state index is 0.138. The Kier molecular flexibility index (Phi) is 5.65. The van der Waals surface area contributed by atoms with E-state index in [1.165, 1.54) is 0 Å². The Morgan fingerprint density at radius 1 is 1.53 bits per heavy atom. The van der Waals surface area contributed by atoms with Crippen LogP contribution in [0.3, 0.4) is 0 Å². The molecule has 3 N–H and O–H groups in total. The molecule has 0 amide bonds. The van der Waals surface area contributed by atoms with Crippen LogP contribution in [-0.4, -0.2) is 13.7 Å². The van der Waals surface area contributed by atoms with Gasteiger partial charge >= 0.3 is 0 Å². The zero-order valence-corrected chi connectivity index (χ0v) is 9.63. The molecule has 1 atom stereocenters. The van der Waals surface area contributed by atoms with Crippen LogP contribution in [0.4, 0.5) is 0 Å². The zero-order valence-electron chi connectivity index (χ0n) is 8.87. The highest BCUT2D eigenvalue weighted by Crippen LogP contribution is 2.20. The SMILES string of the molecule is COCCCC(NN)c1cccc(Cl)c1. The summed E-state index contributed by atoms with van der Waals surface area (Å²) in [6, 6.07) is 7.87. The molecule has 0 saturated carbocycles. The van der Waals surface area contributed by atoms with Crippen molar-refractivity contribution >= 4 is 11.6 Å². The quantitative estimate of drug-likeness (QED) is 0.446. The third-order valence-electron chi connectivity index (χ3n) is 2.29. The molecule has 0 heterocycles. The van der Waals surface area contributed by atoms with Gasteiger partial charge in [-0.15, -0.1) is 0 Å². The number of ether oxygens (including phenoxy) is 1. The number of rotatable bonds is 6. The average Bonchev–Trinajstić information content (AvgIpc) is 2.24. The molecule has 3 nitrogen and oxygen atoms in total. The summed E-state index contributed by atoms with van der Waals surface area (Å²) >= 11 is 5.91. The Labute approximate surface area is 95.5 Å². The van der Waals surface area contributed by atoms with Crippen LogP contribution in [0.2, 0.25) is 5.02 Å². The van der Waals surface area contributed by atoms with E-state index in [2.05, 4.69) is 5.43 Å². The van der Waals surface area contributed by atoms with Gasteiger partial charge in [0.25, 0.3) is 0 Å². The molecule has 0 bridgehead atoms. The van der Waals surface area contributed by atoms with Crippen molar-refractivity contribution in [3.8, 4) is 0 Å². The van der Waals surface area contributed by atoms with E-state index in [9.17, 15) is 0 Å². The summed E-state index contributed by atoms with van der Waals surface area (Å²) in [4.78, 5) is 0. The van der Waals surface area contributed by atoms with Gasteiger partial charge < -0.3 is 4.74 Å². The smallest absolute Gasteiger partial charge is 0.0462 e. The van der Waals surface area contributed by atoms with E-state index >= 15 is 0 Å². The molecule has 0 aliphatic heterocycles.